The van der Waals surface area contributed by atoms with Gasteiger partial charge in [0.05, 0.1) is 5.69 Å². The second-order valence-corrected chi connectivity index (χ2v) is 4.11. The molecule has 2 rings (SSSR count). The van der Waals surface area contributed by atoms with Gasteiger partial charge < -0.3 is 14.4 Å². The van der Waals surface area contributed by atoms with Crippen molar-refractivity contribution in [1.82, 2.24) is 5.16 Å². The largest absolute Gasteiger partial charge is 0.485 e. The molecule has 0 amide bonds. The molecule has 0 bridgehead atoms. The zero-order valence-electron chi connectivity index (χ0n) is 9.51. The van der Waals surface area contributed by atoms with Crippen molar-refractivity contribution in [3.8, 4) is 5.75 Å². The van der Waals surface area contributed by atoms with Crippen molar-refractivity contribution < 1.29 is 19.2 Å². The summed E-state index contributed by atoms with van der Waals surface area (Å²) in [4.78, 5) is 11.0. The lowest BCUT2D eigenvalue weighted by molar-refractivity contribution is 0.0691. The molecule has 0 atom stereocenters. The fourth-order valence-corrected chi connectivity index (χ4v) is 1.60. The Morgan fingerprint density at radius 1 is 1.50 bits per heavy atom. The maximum absolute atomic E-state index is 11.0. The highest BCUT2D eigenvalue weighted by atomic mass is 35.5. The molecule has 1 aromatic heterocycles. The lowest BCUT2D eigenvalue weighted by Crippen LogP contribution is -2.03. The zero-order chi connectivity index (χ0) is 13.1. The van der Waals surface area contributed by atoms with E-state index in [1.165, 1.54) is 12.1 Å². The van der Waals surface area contributed by atoms with Crippen molar-refractivity contribution in [2.45, 2.75) is 13.5 Å². The number of carboxylic acid groups (broad SMARTS) is 1. The van der Waals surface area contributed by atoms with Crippen molar-refractivity contribution >= 4 is 17.6 Å². The van der Waals surface area contributed by atoms with Gasteiger partial charge in [-0.25, -0.2) is 4.79 Å². The smallest absolute Gasteiger partial charge is 0.339 e. The number of carbonyl (C=O) groups is 1. The van der Waals surface area contributed by atoms with Gasteiger partial charge in [0, 0.05) is 11.1 Å². The van der Waals surface area contributed by atoms with E-state index in [-0.39, 0.29) is 17.9 Å². The van der Waals surface area contributed by atoms with E-state index in [0.717, 1.165) is 5.69 Å². The average molecular weight is 268 g/mol. The first-order chi connectivity index (χ1) is 8.56. The number of aryl methyl sites for hydroxylation is 1. The van der Waals surface area contributed by atoms with E-state index in [4.69, 9.17) is 26.0 Å². The summed E-state index contributed by atoms with van der Waals surface area (Å²) >= 11 is 5.73. The highest BCUT2D eigenvalue weighted by Crippen LogP contribution is 2.23. The second-order valence-electron chi connectivity index (χ2n) is 3.67. The quantitative estimate of drug-likeness (QED) is 0.922. The third-order valence-corrected chi connectivity index (χ3v) is 2.45. The number of benzene rings is 1. The van der Waals surface area contributed by atoms with Gasteiger partial charge in [0.1, 0.15) is 17.9 Å². The van der Waals surface area contributed by atoms with Crippen LogP contribution in [-0.4, -0.2) is 16.2 Å². The summed E-state index contributed by atoms with van der Waals surface area (Å²) in [5, 5.41) is 13.1. The molecule has 1 aromatic carbocycles. The van der Waals surface area contributed by atoms with E-state index in [0.29, 0.717) is 10.8 Å². The summed E-state index contributed by atoms with van der Waals surface area (Å²) in [6, 6.07) is 6.13. The number of hydrogen-bond acceptors (Lipinski definition) is 4. The SMILES string of the molecule is Cc1cc(COc2ccc(Cl)cc2C(=O)O)on1. The molecule has 18 heavy (non-hydrogen) atoms. The molecule has 6 heteroatoms. The fraction of sp³-hybridized carbons (Fsp3) is 0.167. The van der Waals surface area contributed by atoms with E-state index in [1.54, 1.807) is 19.1 Å². The van der Waals surface area contributed by atoms with Gasteiger partial charge in [-0.1, -0.05) is 16.8 Å². The molecule has 0 aliphatic heterocycles. The molecule has 94 valence electrons. The molecular formula is C12H10ClNO4. The minimum absolute atomic E-state index is 0.0127. The Hall–Kier alpha value is -2.01. The van der Waals surface area contributed by atoms with Gasteiger partial charge in [-0.15, -0.1) is 0 Å². The summed E-state index contributed by atoms with van der Waals surface area (Å²) in [6.45, 7) is 1.90. The highest BCUT2D eigenvalue weighted by molar-refractivity contribution is 6.31. The third kappa shape index (κ3) is 2.81. The van der Waals surface area contributed by atoms with Crippen LogP contribution in [0.4, 0.5) is 0 Å². The van der Waals surface area contributed by atoms with Gasteiger partial charge >= 0.3 is 5.97 Å². The van der Waals surface area contributed by atoms with Crippen LogP contribution in [0, 0.1) is 6.92 Å². The first kappa shape index (κ1) is 12.4. The Morgan fingerprint density at radius 2 is 2.28 bits per heavy atom. The molecule has 0 radical (unpaired) electrons. The van der Waals surface area contributed by atoms with Crippen LogP contribution in [0.25, 0.3) is 0 Å². The molecule has 1 heterocycles. The lowest BCUT2D eigenvalue weighted by atomic mass is 10.2. The van der Waals surface area contributed by atoms with Gasteiger partial charge in [-0.2, -0.15) is 0 Å². The normalized spacial score (nSPS) is 10.3. The zero-order valence-corrected chi connectivity index (χ0v) is 10.3. The van der Waals surface area contributed by atoms with Gasteiger partial charge in [-0.3, -0.25) is 0 Å². The van der Waals surface area contributed by atoms with Crippen LogP contribution < -0.4 is 4.74 Å². The Labute approximate surface area is 108 Å². The molecule has 2 aromatic rings. The van der Waals surface area contributed by atoms with Crippen LogP contribution in [0.2, 0.25) is 5.02 Å². The Balaban J connectivity index is 2.16. The summed E-state index contributed by atoms with van der Waals surface area (Å²) in [5.74, 6) is -0.332. The van der Waals surface area contributed by atoms with Crippen LogP contribution in [0.5, 0.6) is 5.75 Å². The molecule has 1 N–H and O–H groups in total. The maximum Gasteiger partial charge on any atom is 0.339 e. The monoisotopic (exact) mass is 267 g/mol. The molecular weight excluding hydrogens is 258 g/mol. The molecule has 0 aliphatic rings. The van der Waals surface area contributed by atoms with Crippen molar-refractivity contribution in [1.29, 1.82) is 0 Å². The van der Waals surface area contributed by atoms with Gasteiger partial charge in [0.25, 0.3) is 0 Å². The minimum atomic E-state index is -1.10. The minimum Gasteiger partial charge on any atom is -0.485 e. The Bertz CT molecular complexity index is 579. The molecule has 0 aliphatic carbocycles. The number of rotatable bonds is 4. The van der Waals surface area contributed by atoms with E-state index in [2.05, 4.69) is 5.16 Å². The standard InChI is InChI=1S/C12H10ClNO4/c1-7-4-9(18-14-7)6-17-11-3-2-8(13)5-10(11)12(15)16/h2-5H,6H2,1H3,(H,15,16). The molecule has 0 unspecified atom stereocenters. The molecule has 0 saturated heterocycles. The van der Waals surface area contributed by atoms with E-state index < -0.39 is 5.97 Å². The van der Waals surface area contributed by atoms with E-state index in [9.17, 15) is 4.79 Å². The van der Waals surface area contributed by atoms with Crippen molar-refractivity contribution in [2.24, 2.45) is 0 Å². The number of halogens is 1. The molecule has 0 saturated carbocycles. The Morgan fingerprint density at radius 3 is 2.89 bits per heavy atom. The van der Waals surface area contributed by atoms with Crippen molar-refractivity contribution in [3.05, 3.63) is 46.3 Å². The number of aromatic carboxylic acids is 1. The number of carboxylic acids is 1. The molecule has 0 fully saturated rings. The number of aromatic nitrogens is 1. The average Bonchev–Trinajstić information content (AvgIpc) is 2.73. The first-order valence-electron chi connectivity index (χ1n) is 5.14. The van der Waals surface area contributed by atoms with Gasteiger partial charge in [-0.05, 0) is 25.1 Å². The number of nitrogens with zero attached hydrogens (tertiary/aromatic N) is 1. The van der Waals surface area contributed by atoms with Crippen LogP contribution >= 0.6 is 11.6 Å². The van der Waals surface area contributed by atoms with E-state index >= 15 is 0 Å². The van der Waals surface area contributed by atoms with E-state index in [1.807, 2.05) is 0 Å². The van der Waals surface area contributed by atoms with Gasteiger partial charge in [0.15, 0.2) is 5.76 Å². The third-order valence-electron chi connectivity index (χ3n) is 2.22. The number of ether oxygens (including phenoxy) is 1. The predicted octanol–water partition coefficient (Wildman–Crippen LogP) is 2.91. The lowest BCUT2D eigenvalue weighted by Gasteiger charge is -2.07. The number of hydrogen-bond donors (Lipinski definition) is 1. The summed E-state index contributed by atoms with van der Waals surface area (Å²) in [6.07, 6.45) is 0. The highest BCUT2D eigenvalue weighted by Gasteiger charge is 2.12. The second kappa shape index (κ2) is 5.10. The summed E-state index contributed by atoms with van der Waals surface area (Å²) in [5.41, 5.74) is 0.752. The predicted molar refractivity (Wildman–Crippen MR) is 64.0 cm³/mol. The molecule has 5 nitrogen and oxygen atoms in total. The first-order valence-corrected chi connectivity index (χ1v) is 5.52. The Kier molecular flexibility index (Phi) is 3.53. The summed E-state index contributed by atoms with van der Waals surface area (Å²) in [7, 11) is 0. The molecule has 0 spiro atoms. The maximum atomic E-state index is 11.0. The van der Waals surface area contributed by atoms with Crippen LogP contribution in [0.15, 0.2) is 28.8 Å². The van der Waals surface area contributed by atoms with Crippen LogP contribution in [0.3, 0.4) is 0 Å². The van der Waals surface area contributed by atoms with Crippen LogP contribution in [-0.2, 0) is 6.61 Å². The van der Waals surface area contributed by atoms with Gasteiger partial charge in [0.2, 0.25) is 0 Å². The fourth-order valence-electron chi connectivity index (χ4n) is 1.43. The van der Waals surface area contributed by atoms with Crippen molar-refractivity contribution in [3.63, 3.8) is 0 Å². The van der Waals surface area contributed by atoms with Crippen LogP contribution in [0.1, 0.15) is 21.8 Å². The summed E-state index contributed by atoms with van der Waals surface area (Å²) < 4.78 is 10.3. The topological polar surface area (TPSA) is 72.6 Å². The van der Waals surface area contributed by atoms with Crippen molar-refractivity contribution in [2.75, 3.05) is 0 Å².